The zero-order chi connectivity index (χ0) is 23.2. The Labute approximate surface area is 198 Å². The van der Waals surface area contributed by atoms with Crippen molar-refractivity contribution in [3.8, 4) is 22.8 Å². The molecule has 0 fully saturated rings. The number of ether oxygens (including phenoxy) is 2. The molecule has 0 aliphatic rings. The molecule has 0 aliphatic heterocycles. The van der Waals surface area contributed by atoms with Gasteiger partial charge >= 0.3 is 0 Å². The second-order valence-electron chi connectivity index (χ2n) is 7.87. The summed E-state index contributed by atoms with van der Waals surface area (Å²) < 4.78 is 11.4. The van der Waals surface area contributed by atoms with Gasteiger partial charge in [-0.1, -0.05) is 48.0 Å². The van der Waals surface area contributed by atoms with Gasteiger partial charge in [0.05, 0.1) is 19.0 Å². The van der Waals surface area contributed by atoms with E-state index in [0.29, 0.717) is 18.1 Å². The van der Waals surface area contributed by atoms with E-state index < -0.39 is 0 Å². The molecule has 0 amide bonds. The molecule has 0 bridgehead atoms. The third-order valence-corrected chi connectivity index (χ3v) is 5.98. The minimum atomic E-state index is 0.485. The first-order valence-electron chi connectivity index (χ1n) is 10.7. The van der Waals surface area contributed by atoms with Crippen molar-refractivity contribution in [1.82, 2.24) is 4.98 Å². The van der Waals surface area contributed by atoms with Gasteiger partial charge in [0, 0.05) is 10.9 Å². The van der Waals surface area contributed by atoms with Crippen LogP contribution in [0.1, 0.15) is 27.8 Å². The fourth-order valence-corrected chi connectivity index (χ4v) is 4.46. The van der Waals surface area contributed by atoms with Crippen LogP contribution in [0.2, 0.25) is 0 Å². The van der Waals surface area contributed by atoms with Gasteiger partial charge in [-0.3, -0.25) is 5.43 Å². The van der Waals surface area contributed by atoms with E-state index in [9.17, 15) is 0 Å². The van der Waals surface area contributed by atoms with Gasteiger partial charge in [0.1, 0.15) is 6.61 Å². The van der Waals surface area contributed by atoms with Gasteiger partial charge in [0.25, 0.3) is 0 Å². The summed E-state index contributed by atoms with van der Waals surface area (Å²) >= 11 is 1.54. The number of hydrazone groups is 1. The number of hydrogen-bond donors (Lipinski definition) is 1. The summed E-state index contributed by atoms with van der Waals surface area (Å²) in [5.41, 5.74) is 10.9. The van der Waals surface area contributed by atoms with E-state index in [-0.39, 0.29) is 0 Å². The highest BCUT2D eigenvalue weighted by molar-refractivity contribution is 7.14. The van der Waals surface area contributed by atoms with Crippen molar-refractivity contribution in [3.63, 3.8) is 0 Å². The molecule has 1 aromatic heterocycles. The van der Waals surface area contributed by atoms with Crippen molar-refractivity contribution in [1.29, 1.82) is 0 Å². The van der Waals surface area contributed by atoms with Crippen LogP contribution in [0.5, 0.6) is 11.5 Å². The van der Waals surface area contributed by atoms with Crippen LogP contribution in [0.15, 0.2) is 71.1 Å². The Morgan fingerprint density at radius 1 is 0.970 bits per heavy atom. The molecular weight excluding hydrogens is 430 g/mol. The number of anilines is 1. The Bertz CT molecular complexity index is 1240. The Hall–Kier alpha value is -3.64. The first-order chi connectivity index (χ1) is 16.0. The maximum Gasteiger partial charge on any atom is 0.203 e. The zero-order valence-corrected chi connectivity index (χ0v) is 20.1. The van der Waals surface area contributed by atoms with Crippen LogP contribution in [0, 0.1) is 20.8 Å². The van der Waals surface area contributed by atoms with E-state index in [1.165, 1.54) is 33.6 Å². The molecule has 33 heavy (non-hydrogen) atoms. The van der Waals surface area contributed by atoms with Crippen LogP contribution in [0.4, 0.5) is 5.13 Å². The van der Waals surface area contributed by atoms with E-state index in [2.05, 4.69) is 48.8 Å². The number of hydrogen-bond acceptors (Lipinski definition) is 6. The molecule has 3 aromatic carbocycles. The first-order valence-corrected chi connectivity index (χ1v) is 11.6. The lowest BCUT2D eigenvalue weighted by molar-refractivity contribution is 0.284. The summed E-state index contributed by atoms with van der Waals surface area (Å²) in [5.74, 6) is 1.36. The molecule has 4 aromatic rings. The number of benzene rings is 3. The second-order valence-corrected chi connectivity index (χ2v) is 8.72. The fraction of sp³-hybridized carbons (Fsp3) is 0.185. The maximum absolute atomic E-state index is 5.92. The number of thiazole rings is 1. The average molecular weight is 458 g/mol. The minimum Gasteiger partial charge on any atom is -0.493 e. The first kappa shape index (κ1) is 22.6. The van der Waals surface area contributed by atoms with E-state index in [1.54, 1.807) is 13.3 Å². The molecule has 0 aliphatic carbocycles. The van der Waals surface area contributed by atoms with Gasteiger partial charge in [-0.2, -0.15) is 5.10 Å². The van der Waals surface area contributed by atoms with Crippen molar-refractivity contribution < 1.29 is 9.47 Å². The lowest BCUT2D eigenvalue weighted by Gasteiger charge is -2.11. The van der Waals surface area contributed by atoms with Crippen molar-refractivity contribution >= 4 is 22.7 Å². The summed E-state index contributed by atoms with van der Waals surface area (Å²) in [6.45, 7) is 6.85. The van der Waals surface area contributed by atoms with Crippen molar-refractivity contribution in [2.24, 2.45) is 5.10 Å². The van der Waals surface area contributed by atoms with Gasteiger partial charge in [0.15, 0.2) is 11.5 Å². The minimum absolute atomic E-state index is 0.485. The summed E-state index contributed by atoms with van der Waals surface area (Å²) in [6.07, 6.45) is 1.74. The normalized spacial score (nSPS) is 11.0. The number of aromatic nitrogens is 1. The molecule has 0 spiro atoms. The molecular formula is C27H27N3O2S. The molecule has 168 valence electrons. The molecule has 0 saturated carbocycles. The van der Waals surface area contributed by atoms with Crippen molar-refractivity contribution in [2.45, 2.75) is 27.4 Å². The van der Waals surface area contributed by atoms with Gasteiger partial charge in [0.2, 0.25) is 5.13 Å². The third kappa shape index (κ3) is 5.59. The van der Waals surface area contributed by atoms with E-state index in [0.717, 1.165) is 22.0 Å². The summed E-state index contributed by atoms with van der Waals surface area (Å²) in [6, 6.07) is 20.2. The molecule has 6 heteroatoms. The highest BCUT2D eigenvalue weighted by atomic mass is 32.1. The smallest absolute Gasteiger partial charge is 0.203 e. The highest BCUT2D eigenvalue weighted by Crippen LogP contribution is 2.31. The van der Waals surface area contributed by atoms with E-state index in [1.807, 2.05) is 48.5 Å². The molecule has 4 rings (SSSR count). The zero-order valence-electron chi connectivity index (χ0n) is 19.3. The molecule has 0 saturated heterocycles. The van der Waals surface area contributed by atoms with Crippen LogP contribution in [-0.2, 0) is 6.61 Å². The number of rotatable bonds is 8. The largest absolute Gasteiger partial charge is 0.493 e. The van der Waals surface area contributed by atoms with Gasteiger partial charge < -0.3 is 9.47 Å². The van der Waals surface area contributed by atoms with Crippen molar-refractivity contribution in [3.05, 3.63) is 93.9 Å². The van der Waals surface area contributed by atoms with Crippen LogP contribution < -0.4 is 14.9 Å². The van der Waals surface area contributed by atoms with Gasteiger partial charge in [-0.15, -0.1) is 11.3 Å². The third-order valence-electron chi connectivity index (χ3n) is 5.24. The number of nitrogens with zero attached hydrogens (tertiary/aromatic N) is 2. The molecule has 0 atom stereocenters. The Balaban J connectivity index is 1.42. The van der Waals surface area contributed by atoms with Crippen LogP contribution in [-0.4, -0.2) is 18.3 Å². The summed E-state index contributed by atoms with van der Waals surface area (Å²) in [7, 11) is 1.63. The van der Waals surface area contributed by atoms with Gasteiger partial charge in [-0.05, 0) is 61.2 Å². The van der Waals surface area contributed by atoms with Crippen molar-refractivity contribution in [2.75, 3.05) is 12.5 Å². The fourth-order valence-electron chi connectivity index (χ4n) is 3.81. The molecule has 1 N–H and O–H groups in total. The van der Waals surface area contributed by atoms with Crippen LogP contribution >= 0.6 is 11.3 Å². The topological polar surface area (TPSA) is 55.7 Å². The maximum atomic E-state index is 5.92. The summed E-state index contributed by atoms with van der Waals surface area (Å²) in [5, 5.41) is 7.16. The monoisotopic (exact) mass is 457 g/mol. The number of nitrogens with one attached hydrogen (secondary N) is 1. The highest BCUT2D eigenvalue weighted by Gasteiger charge is 2.11. The van der Waals surface area contributed by atoms with E-state index >= 15 is 0 Å². The standard InChI is InChI=1S/C27H27N3O2S/c1-18-12-19(2)26(20(3)13-18)23-17-33-27(29-23)30-28-15-22-10-11-24(25(14-22)31-4)32-16-21-8-6-5-7-9-21/h5-15,17H,16H2,1-4H3,(H,29,30)/b28-15-. The molecule has 5 nitrogen and oxygen atoms in total. The molecule has 0 unspecified atom stereocenters. The lowest BCUT2D eigenvalue weighted by Crippen LogP contribution is -1.98. The van der Waals surface area contributed by atoms with Crippen LogP contribution in [0.25, 0.3) is 11.3 Å². The quantitative estimate of drug-likeness (QED) is 0.234. The second kappa shape index (κ2) is 10.3. The summed E-state index contributed by atoms with van der Waals surface area (Å²) in [4.78, 5) is 4.71. The SMILES string of the molecule is COc1cc(/C=N\Nc2nc(-c3c(C)cc(C)cc3C)cs2)ccc1OCc1ccccc1. The van der Waals surface area contributed by atoms with Gasteiger partial charge in [-0.25, -0.2) is 4.98 Å². The average Bonchev–Trinajstić information content (AvgIpc) is 3.26. The predicted octanol–water partition coefficient (Wildman–Crippen LogP) is 6.77. The Morgan fingerprint density at radius 2 is 1.73 bits per heavy atom. The predicted molar refractivity (Wildman–Crippen MR) is 137 cm³/mol. The lowest BCUT2D eigenvalue weighted by atomic mass is 9.98. The number of aryl methyl sites for hydroxylation is 3. The number of methoxy groups -OCH3 is 1. The molecule has 0 radical (unpaired) electrons. The Kier molecular flexibility index (Phi) is 7.05. The Morgan fingerprint density at radius 3 is 2.45 bits per heavy atom. The van der Waals surface area contributed by atoms with Crippen LogP contribution in [0.3, 0.4) is 0 Å². The van der Waals surface area contributed by atoms with E-state index in [4.69, 9.17) is 14.5 Å². The molecule has 1 heterocycles.